The van der Waals surface area contributed by atoms with Crippen molar-refractivity contribution in [2.45, 2.75) is 40.5 Å². The second-order valence-electron chi connectivity index (χ2n) is 9.08. The number of hydrogen-bond acceptors (Lipinski definition) is 6. The smallest absolute Gasteiger partial charge is 0.180 e. The molecule has 0 aliphatic carbocycles. The summed E-state index contributed by atoms with van der Waals surface area (Å²) in [5, 5.41) is 11.5. The highest BCUT2D eigenvalue weighted by molar-refractivity contribution is 8.06. The molecule has 0 bridgehead atoms. The molecule has 0 radical (unpaired) electrons. The van der Waals surface area contributed by atoms with Crippen LogP contribution in [0.5, 0.6) is 0 Å². The molecule has 0 saturated carbocycles. The number of hydrogen-bond donors (Lipinski definition) is 2. The molecule has 4 heterocycles. The van der Waals surface area contributed by atoms with E-state index >= 15 is 0 Å². The number of allylic oxidation sites excluding steroid dienone is 1. The van der Waals surface area contributed by atoms with E-state index in [0.29, 0.717) is 5.92 Å². The molecule has 1 aliphatic heterocycles. The van der Waals surface area contributed by atoms with Gasteiger partial charge in [0.25, 0.3) is 0 Å². The first-order valence-corrected chi connectivity index (χ1v) is 12.1. The number of rotatable bonds is 8. The summed E-state index contributed by atoms with van der Waals surface area (Å²) >= 11 is 1.70. The minimum atomic E-state index is 0.398. The Morgan fingerprint density at radius 2 is 2.25 bits per heavy atom. The zero-order valence-corrected chi connectivity index (χ0v) is 20.2. The summed E-state index contributed by atoms with van der Waals surface area (Å²) in [6, 6.07) is 0. The number of aromatic amines is 1. The van der Waals surface area contributed by atoms with Crippen LogP contribution in [-0.4, -0.2) is 49.1 Å². The van der Waals surface area contributed by atoms with Crippen molar-refractivity contribution in [3.8, 4) is 11.3 Å². The van der Waals surface area contributed by atoms with Gasteiger partial charge in [-0.15, -0.1) is 0 Å². The number of H-pyrrole nitrogens is 1. The number of likely N-dealkylation sites (tertiary alicyclic amines) is 1. The summed E-state index contributed by atoms with van der Waals surface area (Å²) in [5.74, 6) is 1.91. The van der Waals surface area contributed by atoms with Crippen LogP contribution >= 0.6 is 11.8 Å². The quantitative estimate of drug-likeness (QED) is 0.483. The van der Waals surface area contributed by atoms with Gasteiger partial charge in [0.05, 0.1) is 28.8 Å². The Balaban J connectivity index is 1.56. The summed E-state index contributed by atoms with van der Waals surface area (Å²) in [4.78, 5) is 13.1. The molecule has 2 N–H and O–H groups in total. The lowest BCUT2D eigenvalue weighted by molar-refractivity contribution is 0.200. The highest BCUT2D eigenvalue weighted by Crippen LogP contribution is 2.30. The van der Waals surface area contributed by atoms with Crippen LogP contribution in [0.2, 0.25) is 0 Å². The Kier molecular flexibility index (Phi) is 7.01. The third-order valence-corrected chi connectivity index (χ3v) is 6.40. The van der Waals surface area contributed by atoms with Gasteiger partial charge in [-0.25, -0.2) is 9.97 Å². The van der Waals surface area contributed by atoms with Crippen molar-refractivity contribution in [1.29, 1.82) is 0 Å². The SMILES string of the molecule is C=C(CN1CCCC(C)C1)S/C(=C\C(C)C)Nc1nc(C)cn2c(-c3cn[nH]c3)cnc12. The number of fused-ring (bicyclic) bond motifs is 1. The first-order chi connectivity index (χ1) is 15.4. The molecule has 170 valence electrons. The lowest BCUT2D eigenvalue weighted by Crippen LogP contribution is -2.35. The second kappa shape index (κ2) is 9.92. The predicted octanol–water partition coefficient (Wildman–Crippen LogP) is 5.32. The molecule has 1 saturated heterocycles. The molecular formula is C24H33N7S. The van der Waals surface area contributed by atoms with Gasteiger partial charge in [0.1, 0.15) is 0 Å². The number of imidazole rings is 1. The Labute approximate surface area is 194 Å². The molecular weight excluding hydrogens is 418 g/mol. The number of piperidine rings is 1. The first-order valence-electron chi connectivity index (χ1n) is 11.3. The molecule has 0 spiro atoms. The van der Waals surface area contributed by atoms with Crippen LogP contribution < -0.4 is 5.32 Å². The Morgan fingerprint density at radius 3 is 2.97 bits per heavy atom. The van der Waals surface area contributed by atoms with E-state index < -0.39 is 0 Å². The van der Waals surface area contributed by atoms with Crippen LogP contribution in [0.3, 0.4) is 0 Å². The van der Waals surface area contributed by atoms with Crippen molar-refractivity contribution < 1.29 is 0 Å². The Bertz CT molecular complexity index is 1100. The second-order valence-corrected chi connectivity index (χ2v) is 10.3. The largest absolute Gasteiger partial charge is 0.332 e. The van der Waals surface area contributed by atoms with E-state index in [1.165, 1.54) is 12.8 Å². The lowest BCUT2D eigenvalue weighted by Gasteiger charge is -2.31. The molecule has 7 nitrogen and oxygen atoms in total. The monoisotopic (exact) mass is 451 g/mol. The van der Waals surface area contributed by atoms with Crippen molar-refractivity contribution >= 4 is 23.2 Å². The van der Waals surface area contributed by atoms with Gasteiger partial charge in [0.2, 0.25) is 0 Å². The van der Waals surface area contributed by atoms with Gasteiger partial charge in [-0.1, -0.05) is 45.2 Å². The average molecular weight is 452 g/mol. The molecule has 8 heteroatoms. The van der Waals surface area contributed by atoms with E-state index in [0.717, 1.165) is 63.9 Å². The topological polar surface area (TPSA) is 74.1 Å². The van der Waals surface area contributed by atoms with Crippen LogP contribution in [0.25, 0.3) is 16.9 Å². The molecule has 32 heavy (non-hydrogen) atoms. The van der Waals surface area contributed by atoms with Gasteiger partial charge in [0, 0.05) is 31.0 Å². The third kappa shape index (κ3) is 5.42. The summed E-state index contributed by atoms with van der Waals surface area (Å²) in [6.07, 6.45) is 12.4. The Morgan fingerprint density at radius 1 is 1.41 bits per heavy atom. The molecule has 3 aromatic heterocycles. The molecule has 0 amide bonds. The fourth-order valence-electron chi connectivity index (χ4n) is 4.19. The van der Waals surface area contributed by atoms with Crippen LogP contribution in [-0.2, 0) is 0 Å². The van der Waals surface area contributed by atoms with E-state index in [1.807, 2.05) is 25.5 Å². The van der Waals surface area contributed by atoms with Gasteiger partial charge < -0.3 is 5.32 Å². The molecule has 1 fully saturated rings. The van der Waals surface area contributed by atoms with Crippen LogP contribution in [0, 0.1) is 18.8 Å². The van der Waals surface area contributed by atoms with Crippen molar-refractivity contribution in [2.75, 3.05) is 25.0 Å². The summed E-state index contributed by atoms with van der Waals surface area (Å²) in [6.45, 7) is 16.3. The number of aromatic nitrogens is 5. The average Bonchev–Trinajstić information content (AvgIpc) is 3.36. The number of aryl methyl sites for hydroxylation is 1. The van der Waals surface area contributed by atoms with E-state index in [2.05, 4.69) is 63.2 Å². The predicted molar refractivity (Wildman–Crippen MR) is 133 cm³/mol. The molecule has 1 unspecified atom stereocenters. The van der Waals surface area contributed by atoms with Gasteiger partial charge in [-0.2, -0.15) is 5.10 Å². The van der Waals surface area contributed by atoms with Gasteiger partial charge in [-0.3, -0.25) is 14.4 Å². The highest BCUT2D eigenvalue weighted by atomic mass is 32.2. The molecule has 1 aliphatic rings. The molecule has 1 atom stereocenters. The van der Waals surface area contributed by atoms with E-state index in [1.54, 1.807) is 18.0 Å². The van der Waals surface area contributed by atoms with Crippen molar-refractivity contribution in [3.63, 3.8) is 0 Å². The fraction of sp³-hybridized carbons (Fsp3) is 0.458. The lowest BCUT2D eigenvalue weighted by atomic mass is 10.0. The maximum atomic E-state index is 4.76. The molecule has 0 aromatic carbocycles. The van der Waals surface area contributed by atoms with Crippen molar-refractivity contribution in [1.82, 2.24) is 29.5 Å². The number of thioether (sulfide) groups is 1. The normalized spacial score (nSPS) is 17.9. The highest BCUT2D eigenvalue weighted by Gasteiger charge is 2.18. The fourth-order valence-corrected chi connectivity index (χ4v) is 5.23. The van der Waals surface area contributed by atoms with E-state index in [9.17, 15) is 0 Å². The molecule has 4 rings (SSSR count). The zero-order valence-electron chi connectivity index (χ0n) is 19.4. The van der Waals surface area contributed by atoms with Gasteiger partial charge >= 0.3 is 0 Å². The van der Waals surface area contributed by atoms with Crippen LogP contribution in [0.1, 0.15) is 39.3 Å². The zero-order chi connectivity index (χ0) is 22.7. The van der Waals surface area contributed by atoms with E-state index in [4.69, 9.17) is 4.98 Å². The Hall–Kier alpha value is -2.58. The minimum Gasteiger partial charge on any atom is -0.332 e. The minimum absolute atomic E-state index is 0.398. The van der Waals surface area contributed by atoms with Crippen molar-refractivity contribution in [2.24, 2.45) is 11.8 Å². The maximum Gasteiger partial charge on any atom is 0.180 e. The summed E-state index contributed by atoms with van der Waals surface area (Å²) in [7, 11) is 0. The number of nitrogens with zero attached hydrogens (tertiary/aromatic N) is 5. The van der Waals surface area contributed by atoms with Crippen LogP contribution in [0.15, 0.2) is 47.4 Å². The molecule has 3 aromatic rings. The van der Waals surface area contributed by atoms with Gasteiger partial charge in [-0.05, 0) is 43.1 Å². The number of anilines is 1. The number of nitrogens with one attached hydrogen (secondary N) is 2. The standard InChI is InChI=1S/C24H33N7S/c1-16(2)9-22(32-19(5)15-30-8-6-7-17(3)13-30)29-23-24-25-12-21(20-10-26-27-11-20)31(24)14-18(4)28-23/h9-12,14,16-17H,5-8,13,15H2,1-4H3,(H,26,27)(H,28,29)/b22-9-. The summed E-state index contributed by atoms with van der Waals surface area (Å²) in [5.41, 5.74) is 3.67. The van der Waals surface area contributed by atoms with E-state index in [-0.39, 0.29) is 0 Å². The third-order valence-electron chi connectivity index (χ3n) is 5.53. The summed E-state index contributed by atoms with van der Waals surface area (Å²) < 4.78 is 2.07. The van der Waals surface area contributed by atoms with Crippen LogP contribution in [0.4, 0.5) is 5.82 Å². The maximum absolute atomic E-state index is 4.76. The van der Waals surface area contributed by atoms with Crippen molar-refractivity contribution in [3.05, 3.63) is 53.1 Å². The first kappa shape index (κ1) is 22.6. The van der Waals surface area contributed by atoms with Gasteiger partial charge in [0.15, 0.2) is 11.5 Å².